The van der Waals surface area contributed by atoms with E-state index in [0.717, 1.165) is 0 Å². The monoisotopic (exact) mass is 321 g/mol. The molecule has 0 bridgehead atoms. The third-order valence-electron chi connectivity index (χ3n) is 2.57. The second-order valence-electron chi connectivity index (χ2n) is 4.23. The molecular formula is C15H13Cl2N3O. The molecule has 0 aliphatic carbocycles. The number of nitrogens with one attached hydrogen (secondary N) is 2. The summed E-state index contributed by atoms with van der Waals surface area (Å²) in [6.07, 6.45) is 0. The van der Waals surface area contributed by atoms with E-state index >= 15 is 0 Å². The summed E-state index contributed by atoms with van der Waals surface area (Å²) in [6.45, 7) is 1.42. The van der Waals surface area contributed by atoms with Crippen LogP contribution in [-0.4, -0.2) is 11.6 Å². The van der Waals surface area contributed by atoms with Crippen LogP contribution in [0.5, 0.6) is 0 Å². The summed E-state index contributed by atoms with van der Waals surface area (Å²) in [7, 11) is 0. The smallest absolute Gasteiger partial charge is 0.196 e. The van der Waals surface area contributed by atoms with Crippen LogP contribution in [0.15, 0.2) is 53.5 Å². The average molecular weight is 322 g/mol. The number of carbonyl (C=O) groups excluding carboxylic acids is 1. The number of hydrazine groups is 1. The summed E-state index contributed by atoms with van der Waals surface area (Å²) in [4.78, 5) is 15.9. The maximum absolute atomic E-state index is 11.6. The summed E-state index contributed by atoms with van der Waals surface area (Å²) >= 11 is 11.9. The molecule has 6 heteroatoms. The Morgan fingerprint density at radius 2 is 1.86 bits per heavy atom. The van der Waals surface area contributed by atoms with Crippen molar-refractivity contribution in [2.24, 2.45) is 4.99 Å². The van der Waals surface area contributed by atoms with Gasteiger partial charge in [-0.3, -0.25) is 15.6 Å². The van der Waals surface area contributed by atoms with Gasteiger partial charge >= 0.3 is 0 Å². The predicted octanol–water partition coefficient (Wildman–Crippen LogP) is 4.23. The molecule has 2 aromatic carbocycles. The van der Waals surface area contributed by atoms with E-state index in [0.29, 0.717) is 21.4 Å². The van der Waals surface area contributed by atoms with E-state index in [1.54, 1.807) is 36.4 Å². The molecule has 0 aliphatic heterocycles. The number of carbonyl (C=O) groups is 1. The van der Waals surface area contributed by atoms with Gasteiger partial charge in [0.15, 0.2) is 11.6 Å². The van der Waals surface area contributed by atoms with E-state index in [2.05, 4.69) is 15.8 Å². The van der Waals surface area contributed by atoms with Crippen LogP contribution < -0.4 is 10.9 Å². The number of para-hydroxylation sites is 1. The van der Waals surface area contributed by atoms with Gasteiger partial charge in [-0.25, -0.2) is 4.99 Å². The number of aliphatic imine (C=N–C) groups is 1. The highest BCUT2D eigenvalue weighted by Crippen LogP contribution is 2.20. The summed E-state index contributed by atoms with van der Waals surface area (Å²) in [5.41, 5.74) is 6.87. The van der Waals surface area contributed by atoms with Gasteiger partial charge in [-0.15, -0.1) is 0 Å². The van der Waals surface area contributed by atoms with E-state index < -0.39 is 0 Å². The molecule has 0 spiro atoms. The highest BCUT2D eigenvalue weighted by molar-refractivity contribution is 6.39. The molecule has 0 saturated heterocycles. The largest absolute Gasteiger partial charge is 0.298 e. The van der Waals surface area contributed by atoms with Gasteiger partial charge in [-0.1, -0.05) is 41.4 Å². The van der Waals surface area contributed by atoms with Crippen molar-refractivity contribution in [3.8, 4) is 0 Å². The van der Waals surface area contributed by atoms with Crippen LogP contribution in [0.4, 0.5) is 11.4 Å². The van der Waals surface area contributed by atoms with Crippen molar-refractivity contribution in [3.05, 3.63) is 58.6 Å². The Bertz CT molecular complexity index is 686. The molecule has 4 nitrogen and oxygen atoms in total. The number of hydrogen-bond donors (Lipinski definition) is 2. The Labute approximate surface area is 132 Å². The molecule has 2 aromatic rings. The lowest BCUT2D eigenvalue weighted by molar-refractivity contribution is -0.111. The van der Waals surface area contributed by atoms with Crippen LogP contribution >= 0.6 is 23.2 Å². The van der Waals surface area contributed by atoms with E-state index in [1.165, 1.54) is 6.92 Å². The van der Waals surface area contributed by atoms with Gasteiger partial charge in [-0.2, -0.15) is 0 Å². The van der Waals surface area contributed by atoms with Crippen LogP contribution in [0.25, 0.3) is 0 Å². The standard InChI is InChI=1S/C15H13Cl2N3O/c1-10(21)15(18-12-6-4-5-11(16)9-12)20-19-14-8-3-2-7-13(14)17/h2-9,19H,1H3,(H,18,20). The number of benzene rings is 2. The first kappa shape index (κ1) is 15.4. The summed E-state index contributed by atoms with van der Waals surface area (Å²) in [5, 5.41) is 1.09. The molecule has 0 radical (unpaired) electrons. The van der Waals surface area contributed by atoms with Crippen molar-refractivity contribution in [1.29, 1.82) is 0 Å². The third-order valence-corrected chi connectivity index (χ3v) is 3.14. The third kappa shape index (κ3) is 4.48. The van der Waals surface area contributed by atoms with Crippen molar-refractivity contribution < 1.29 is 4.79 Å². The number of ketones is 1. The number of rotatable bonds is 4. The second-order valence-corrected chi connectivity index (χ2v) is 5.07. The number of hydrogen-bond acceptors (Lipinski definition) is 3. The lowest BCUT2D eigenvalue weighted by Gasteiger charge is -2.11. The van der Waals surface area contributed by atoms with Crippen LogP contribution in [0.2, 0.25) is 10.0 Å². The van der Waals surface area contributed by atoms with Crippen molar-refractivity contribution in [2.45, 2.75) is 6.92 Å². The van der Waals surface area contributed by atoms with E-state index in [1.807, 2.05) is 12.1 Å². The maximum Gasteiger partial charge on any atom is 0.196 e. The molecule has 2 rings (SSSR count). The van der Waals surface area contributed by atoms with E-state index in [-0.39, 0.29) is 11.6 Å². The summed E-state index contributed by atoms with van der Waals surface area (Å²) in [6, 6.07) is 14.1. The molecule has 0 heterocycles. The Balaban J connectivity index is 2.17. The van der Waals surface area contributed by atoms with Crippen LogP contribution in [0.3, 0.4) is 0 Å². The molecule has 2 N–H and O–H groups in total. The SMILES string of the molecule is CC(=O)C(=Nc1cccc(Cl)c1)NNc1ccccc1Cl. The van der Waals surface area contributed by atoms with Crippen molar-refractivity contribution >= 4 is 46.2 Å². The van der Waals surface area contributed by atoms with Crippen molar-refractivity contribution in [3.63, 3.8) is 0 Å². The highest BCUT2D eigenvalue weighted by atomic mass is 35.5. The number of amidine groups is 1. The van der Waals surface area contributed by atoms with E-state index in [9.17, 15) is 4.79 Å². The van der Waals surface area contributed by atoms with Crippen LogP contribution in [0, 0.1) is 0 Å². The second kappa shape index (κ2) is 7.11. The molecule has 108 valence electrons. The normalized spacial score (nSPS) is 11.1. The van der Waals surface area contributed by atoms with Crippen LogP contribution in [0.1, 0.15) is 6.92 Å². The van der Waals surface area contributed by atoms with Gasteiger partial charge in [0, 0.05) is 11.9 Å². The Morgan fingerprint density at radius 3 is 2.52 bits per heavy atom. The zero-order chi connectivity index (χ0) is 15.2. The molecular weight excluding hydrogens is 309 g/mol. The molecule has 0 fully saturated rings. The minimum absolute atomic E-state index is 0.164. The minimum atomic E-state index is -0.213. The van der Waals surface area contributed by atoms with Crippen LogP contribution in [-0.2, 0) is 4.79 Å². The number of nitrogens with zero attached hydrogens (tertiary/aromatic N) is 1. The average Bonchev–Trinajstić information content (AvgIpc) is 2.44. The fourth-order valence-corrected chi connectivity index (χ4v) is 1.93. The topological polar surface area (TPSA) is 53.5 Å². The quantitative estimate of drug-likeness (QED) is 0.503. The predicted molar refractivity (Wildman–Crippen MR) is 87.4 cm³/mol. The molecule has 0 amide bonds. The van der Waals surface area contributed by atoms with Crippen molar-refractivity contribution in [1.82, 2.24) is 5.43 Å². The fraction of sp³-hybridized carbons (Fsp3) is 0.0667. The molecule has 0 atom stereocenters. The number of halogens is 2. The zero-order valence-corrected chi connectivity index (χ0v) is 12.7. The lowest BCUT2D eigenvalue weighted by atomic mass is 10.3. The van der Waals surface area contributed by atoms with Gasteiger partial charge in [-0.05, 0) is 30.3 Å². The van der Waals surface area contributed by atoms with E-state index in [4.69, 9.17) is 23.2 Å². The molecule has 0 saturated carbocycles. The Hall–Kier alpha value is -2.04. The number of Topliss-reactive ketones (excluding diaryl/α,β-unsaturated/α-hetero) is 1. The van der Waals surface area contributed by atoms with Gasteiger partial charge in [0.25, 0.3) is 0 Å². The molecule has 21 heavy (non-hydrogen) atoms. The fourth-order valence-electron chi connectivity index (χ4n) is 1.56. The molecule has 0 aromatic heterocycles. The zero-order valence-electron chi connectivity index (χ0n) is 11.2. The van der Waals surface area contributed by atoms with Gasteiger partial charge in [0.2, 0.25) is 0 Å². The first-order valence-corrected chi connectivity index (χ1v) is 6.93. The molecule has 0 aliphatic rings. The van der Waals surface area contributed by atoms with Gasteiger partial charge in [0.1, 0.15) is 0 Å². The number of anilines is 1. The lowest BCUT2D eigenvalue weighted by Crippen LogP contribution is -2.34. The summed E-state index contributed by atoms with van der Waals surface area (Å²) in [5.74, 6) is -0.0493. The Kier molecular flexibility index (Phi) is 5.20. The van der Waals surface area contributed by atoms with Gasteiger partial charge < -0.3 is 0 Å². The minimum Gasteiger partial charge on any atom is -0.298 e. The Morgan fingerprint density at radius 1 is 1.10 bits per heavy atom. The van der Waals surface area contributed by atoms with Crippen molar-refractivity contribution in [2.75, 3.05) is 5.43 Å². The first-order valence-electron chi connectivity index (χ1n) is 6.18. The molecule has 0 unspecified atom stereocenters. The maximum atomic E-state index is 11.6. The van der Waals surface area contributed by atoms with Gasteiger partial charge in [0.05, 0.1) is 16.4 Å². The highest BCUT2D eigenvalue weighted by Gasteiger charge is 2.07. The summed E-state index contributed by atoms with van der Waals surface area (Å²) < 4.78 is 0. The first-order chi connectivity index (χ1) is 10.1.